The van der Waals surface area contributed by atoms with E-state index in [4.69, 9.17) is 9.47 Å². The standard InChI is InChI=1S/C41H40O13/c1-40(2,51)34(43)25-9-5-23(6-10-25)17-19-53-38(49)31-21-27(13-15-29(31)36(45)46)33(42)28-14-16-30(37(47)48)32(22-28)39(50)54-20-18-24-7-11-26(12-8-24)35(44)41(3,4)52/h5-16,21-22,38,49,51-52H,17-20H2,1-4H3,(H,45,46)(H,47,48). The van der Waals surface area contributed by atoms with Crippen molar-refractivity contribution in [3.63, 3.8) is 0 Å². The van der Waals surface area contributed by atoms with Crippen LogP contribution in [0.3, 0.4) is 0 Å². The molecule has 5 N–H and O–H groups in total. The van der Waals surface area contributed by atoms with E-state index in [0.717, 1.165) is 29.8 Å². The highest BCUT2D eigenvalue weighted by atomic mass is 16.6. The highest BCUT2D eigenvalue weighted by Crippen LogP contribution is 2.25. The number of ether oxygens (including phenoxy) is 2. The smallest absolute Gasteiger partial charge is 0.339 e. The Balaban J connectivity index is 1.47. The van der Waals surface area contributed by atoms with E-state index in [1.54, 1.807) is 36.4 Å². The second-order valence-electron chi connectivity index (χ2n) is 13.5. The monoisotopic (exact) mass is 740 g/mol. The number of esters is 1. The third-order valence-corrected chi connectivity index (χ3v) is 8.38. The van der Waals surface area contributed by atoms with Gasteiger partial charge in [0.25, 0.3) is 0 Å². The highest BCUT2D eigenvalue weighted by molar-refractivity contribution is 6.12. The summed E-state index contributed by atoms with van der Waals surface area (Å²) in [5, 5.41) is 50.2. The van der Waals surface area contributed by atoms with Crippen LogP contribution >= 0.6 is 0 Å². The lowest BCUT2D eigenvalue weighted by Crippen LogP contribution is -2.31. The van der Waals surface area contributed by atoms with Crippen LogP contribution in [0.4, 0.5) is 0 Å². The average molecular weight is 741 g/mol. The van der Waals surface area contributed by atoms with Gasteiger partial charge in [-0.15, -0.1) is 0 Å². The second-order valence-corrected chi connectivity index (χ2v) is 13.5. The molecule has 1 atom stereocenters. The molecule has 0 heterocycles. The number of ketones is 3. The molecule has 1 unspecified atom stereocenters. The maximum absolute atomic E-state index is 13.6. The minimum Gasteiger partial charge on any atom is -0.478 e. The molecular weight excluding hydrogens is 700 g/mol. The molecule has 0 aliphatic heterocycles. The number of carboxylic acids is 2. The summed E-state index contributed by atoms with van der Waals surface area (Å²) in [5.41, 5.74) is -2.64. The number of hydrogen-bond acceptors (Lipinski definition) is 11. The van der Waals surface area contributed by atoms with E-state index in [0.29, 0.717) is 16.7 Å². The van der Waals surface area contributed by atoms with E-state index in [9.17, 15) is 54.3 Å². The van der Waals surface area contributed by atoms with Crippen molar-refractivity contribution < 1.29 is 63.8 Å². The molecule has 0 aliphatic rings. The summed E-state index contributed by atoms with van der Waals surface area (Å²) in [6, 6.07) is 19.5. The first kappa shape index (κ1) is 40.9. The second kappa shape index (κ2) is 16.9. The molecular formula is C41H40O13. The Morgan fingerprint density at radius 2 is 1.00 bits per heavy atom. The summed E-state index contributed by atoms with van der Waals surface area (Å²) < 4.78 is 10.8. The molecule has 0 bridgehead atoms. The molecule has 0 amide bonds. The Hall–Kier alpha value is -5.86. The van der Waals surface area contributed by atoms with Crippen LogP contribution in [0.1, 0.15) is 118 Å². The van der Waals surface area contributed by atoms with Crippen LogP contribution in [-0.2, 0) is 22.3 Å². The molecule has 54 heavy (non-hydrogen) atoms. The number of carbonyl (C=O) groups is 6. The molecule has 0 saturated carbocycles. The van der Waals surface area contributed by atoms with Crippen molar-refractivity contribution >= 4 is 35.3 Å². The van der Waals surface area contributed by atoms with Gasteiger partial charge in [-0.2, -0.15) is 0 Å². The Labute approximate surface area is 310 Å². The van der Waals surface area contributed by atoms with Gasteiger partial charge >= 0.3 is 17.9 Å². The van der Waals surface area contributed by atoms with Crippen molar-refractivity contribution in [1.29, 1.82) is 0 Å². The number of aliphatic hydroxyl groups is 3. The van der Waals surface area contributed by atoms with Crippen LogP contribution in [0.5, 0.6) is 0 Å². The zero-order valence-corrected chi connectivity index (χ0v) is 30.0. The van der Waals surface area contributed by atoms with Crippen LogP contribution in [0.2, 0.25) is 0 Å². The largest absolute Gasteiger partial charge is 0.478 e. The zero-order valence-electron chi connectivity index (χ0n) is 30.0. The number of rotatable bonds is 17. The van der Waals surface area contributed by atoms with Gasteiger partial charge < -0.3 is 35.0 Å². The lowest BCUT2D eigenvalue weighted by molar-refractivity contribution is -0.102. The molecule has 0 aromatic heterocycles. The molecule has 282 valence electrons. The predicted octanol–water partition coefficient (Wildman–Crippen LogP) is 4.87. The molecule has 0 aliphatic carbocycles. The molecule has 4 aromatic rings. The predicted molar refractivity (Wildman–Crippen MR) is 193 cm³/mol. The van der Waals surface area contributed by atoms with Gasteiger partial charge in [-0.3, -0.25) is 14.4 Å². The van der Waals surface area contributed by atoms with Gasteiger partial charge in [-0.05, 0) is 69.5 Å². The van der Waals surface area contributed by atoms with E-state index in [2.05, 4.69) is 0 Å². The van der Waals surface area contributed by atoms with Crippen LogP contribution in [0.25, 0.3) is 0 Å². The Bertz CT molecular complexity index is 2070. The fourth-order valence-corrected chi connectivity index (χ4v) is 5.38. The van der Waals surface area contributed by atoms with E-state index in [1.807, 2.05) is 0 Å². The number of aliphatic hydroxyl groups excluding tert-OH is 1. The summed E-state index contributed by atoms with van der Waals surface area (Å²) in [4.78, 5) is 75.1. The first-order valence-corrected chi connectivity index (χ1v) is 16.8. The van der Waals surface area contributed by atoms with Crippen molar-refractivity contribution in [3.8, 4) is 0 Å². The summed E-state index contributed by atoms with van der Waals surface area (Å²) in [7, 11) is 0. The van der Waals surface area contributed by atoms with Crippen molar-refractivity contribution in [3.05, 3.63) is 141 Å². The quantitative estimate of drug-likeness (QED) is 0.0555. The first-order chi connectivity index (χ1) is 25.3. The highest BCUT2D eigenvalue weighted by Gasteiger charge is 2.27. The Morgan fingerprint density at radius 3 is 1.46 bits per heavy atom. The van der Waals surface area contributed by atoms with Crippen LogP contribution in [0.15, 0.2) is 84.9 Å². The van der Waals surface area contributed by atoms with E-state index >= 15 is 0 Å². The molecule has 13 heteroatoms. The molecule has 13 nitrogen and oxygen atoms in total. The van der Waals surface area contributed by atoms with Gasteiger partial charge in [0.15, 0.2) is 23.6 Å². The van der Waals surface area contributed by atoms with Crippen molar-refractivity contribution in [2.45, 2.75) is 58.0 Å². The fraction of sp³-hybridized carbons (Fsp3) is 0.268. The van der Waals surface area contributed by atoms with Gasteiger partial charge in [-0.1, -0.05) is 60.7 Å². The first-order valence-electron chi connectivity index (χ1n) is 16.8. The Kier molecular flexibility index (Phi) is 12.8. The van der Waals surface area contributed by atoms with Crippen LogP contribution < -0.4 is 0 Å². The third kappa shape index (κ3) is 10.2. The lowest BCUT2D eigenvalue weighted by atomic mass is 9.95. The molecule has 0 radical (unpaired) electrons. The maximum atomic E-state index is 13.6. The molecule has 0 fully saturated rings. The number of carboxylic acid groups (broad SMARTS) is 2. The lowest BCUT2D eigenvalue weighted by Gasteiger charge is -2.17. The third-order valence-electron chi connectivity index (χ3n) is 8.38. The van der Waals surface area contributed by atoms with Gasteiger partial charge in [0.2, 0.25) is 0 Å². The minimum atomic E-state index is -1.77. The molecule has 0 saturated heterocycles. The topological polar surface area (TPSA) is 222 Å². The van der Waals surface area contributed by atoms with Crippen molar-refractivity contribution in [2.24, 2.45) is 0 Å². The van der Waals surface area contributed by atoms with E-state index in [1.165, 1.54) is 52.0 Å². The minimum absolute atomic E-state index is 0.0770. The van der Waals surface area contributed by atoms with Gasteiger partial charge in [0.1, 0.15) is 11.2 Å². The van der Waals surface area contributed by atoms with E-state index in [-0.39, 0.29) is 48.3 Å². The van der Waals surface area contributed by atoms with Crippen LogP contribution in [0, 0.1) is 0 Å². The fourth-order valence-electron chi connectivity index (χ4n) is 5.38. The average Bonchev–Trinajstić information content (AvgIpc) is 3.13. The number of hydrogen-bond donors (Lipinski definition) is 5. The summed E-state index contributed by atoms with van der Waals surface area (Å²) >= 11 is 0. The van der Waals surface area contributed by atoms with Gasteiger partial charge in [0, 0.05) is 34.2 Å². The number of carbonyl (C=O) groups excluding carboxylic acids is 4. The number of benzene rings is 4. The number of Topliss-reactive ketones (excluding diaryl/α,β-unsaturated/α-hetero) is 2. The van der Waals surface area contributed by atoms with Crippen LogP contribution in [-0.4, -0.2) is 85.2 Å². The molecule has 0 spiro atoms. The summed E-state index contributed by atoms with van der Waals surface area (Å²) in [5.74, 6) is -5.49. The van der Waals surface area contributed by atoms with Gasteiger partial charge in [-0.25, -0.2) is 14.4 Å². The van der Waals surface area contributed by atoms with E-state index < -0.39 is 63.9 Å². The number of aromatic carboxylic acids is 2. The summed E-state index contributed by atoms with van der Waals surface area (Å²) in [6.45, 7) is 5.28. The molecule has 4 rings (SSSR count). The van der Waals surface area contributed by atoms with Crippen molar-refractivity contribution in [2.75, 3.05) is 13.2 Å². The van der Waals surface area contributed by atoms with Gasteiger partial charge in [0.05, 0.1) is 29.9 Å². The van der Waals surface area contributed by atoms with Crippen molar-refractivity contribution in [1.82, 2.24) is 0 Å². The summed E-state index contributed by atoms with van der Waals surface area (Å²) in [6.07, 6.45) is -1.29. The Morgan fingerprint density at radius 1 is 0.574 bits per heavy atom. The molecule has 4 aromatic carbocycles. The SMILES string of the molecule is CC(C)(O)C(=O)c1ccc(CCOC(=O)c2cc(C(=O)c3ccc(C(=O)O)c(C(O)OCCc4ccc(C(=O)C(C)(C)O)cc4)c3)ccc2C(=O)O)cc1. The maximum Gasteiger partial charge on any atom is 0.339 e. The normalized spacial score (nSPS) is 12.1. The zero-order chi connectivity index (χ0) is 40.0.